The first kappa shape index (κ1) is 20.9. The van der Waals surface area contributed by atoms with Crippen LogP contribution in [0.15, 0.2) is 78.9 Å². The lowest BCUT2D eigenvalue weighted by Crippen LogP contribution is -2.15. The van der Waals surface area contributed by atoms with E-state index in [1.165, 1.54) is 0 Å². The molecule has 0 unspecified atom stereocenters. The molecule has 0 saturated heterocycles. The minimum Gasteiger partial charge on any atom is -0.489 e. The quantitative estimate of drug-likeness (QED) is 0.532. The summed E-state index contributed by atoms with van der Waals surface area (Å²) in [5.41, 5.74) is 2.07. The number of amides is 1. The lowest BCUT2D eigenvalue weighted by atomic mass is 10.2. The molecule has 0 atom stereocenters. The Balaban J connectivity index is 1.59. The smallest absolute Gasteiger partial charge is 0.344 e. The van der Waals surface area contributed by atoms with Crippen molar-refractivity contribution < 1.29 is 23.8 Å². The number of hydrogen-bond donors (Lipinski definition) is 1. The number of rotatable bonds is 9. The van der Waals surface area contributed by atoms with Crippen LogP contribution in [0, 0.1) is 0 Å². The lowest BCUT2D eigenvalue weighted by molar-refractivity contribution is -0.145. The summed E-state index contributed by atoms with van der Waals surface area (Å²) < 4.78 is 16.0. The molecular weight excluding hydrogens is 382 g/mol. The molecule has 0 bridgehead atoms. The van der Waals surface area contributed by atoms with Crippen LogP contribution < -0.4 is 14.8 Å². The van der Waals surface area contributed by atoms with Crippen molar-refractivity contribution in [1.29, 1.82) is 0 Å². The van der Waals surface area contributed by atoms with Gasteiger partial charge >= 0.3 is 5.97 Å². The largest absolute Gasteiger partial charge is 0.489 e. The Labute approximate surface area is 175 Å². The highest BCUT2D eigenvalue weighted by Gasteiger charge is 2.09. The molecule has 0 aromatic heterocycles. The Kier molecular flexibility index (Phi) is 7.44. The van der Waals surface area contributed by atoms with Crippen LogP contribution in [0.3, 0.4) is 0 Å². The molecule has 3 aromatic carbocycles. The van der Waals surface area contributed by atoms with Gasteiger partial charge in [0, 0.05) is 17.3 Å². The topological polar surface area (TPSA) is 73.9 Å². The van der Waals surface area contributed by atoms with Crippen molar-refractivity contribution in [3.05, 3.63) is 90.0 Å². The maximum absolute atomic E-state index is 12.6. The molecule has 0 aliphatic rings. The van der Waals surface area contributed by atoms with E-state index < -0.39 is 5.97 Å². The van der Waals surface area contributed by atoms with Gasteiger partial charge in [-0.1, -0.05) is 42.5 Å². The molecule has 0 aliphatic heterocycles. The molecule has 6 nitrogen and oxygen atoms in total. The number of nitrogens with one attached hydrogen (secondary N) is 1. The van der Waals surface area contributed by atoms with Gasteiger partial charge in [0.15, 0.2) is 6.61 Å². The standard InChI is InChI=1S/C24H23NO5/c1-2-28-23(26)17-30-22-13-7-11-20(15-22)25-24(27)19-10-6-12-21(14-19)29-16-18-8-4-3-5-9-18/h3-15H,2,16-17H2,1H3,(H,25,27). The maximum atomic E-state index is 12.6. The Morgan fingerprint density at radius 2 is 1.57 bits per heavy atom. The zero-order chi connectivity index (χ0) is 21.2. The van der Waals surface area contributed by atoms with E-state index in [-0.39, 0.29) is 12.5 Å². The summed E-state index contributed by atoms with van der Waals surface area (Å²) in [5, 5.41) is 2.82. The molecule has 0 fully saturated rings. The summed E-state index contributed by atoms with van der Waals surface area (Å²) in [4.78, 5) is 24.0. The molecule has 1 N–H and O–H groups in total. The Morgan fingerprint density at radius 1 is 0.833 bits per heavy atom. The summed E-state index contributed by atoms with van der Waals surface area (Å²) in [5.74, 6) is 0.348. The molecular formula is C24H23NO5. The molecule has 0 heterocycles. The van der Waals surface area contributed by atoms with Gasteiger partial charge in [0.25, 0.3) is 5.91 Å². The van der Waals surface area contributed by atoms with E-state index in [0.29, 0.717) is 36.0 Å². The van der Waals surface area contributed by atoms with Crippen LogP contribution in [0.25, 0.3) is 0 Å². The number of carbonyl (C=O) groups is 2. The van der Waals surface area contributed by atoms with E-state index >= 15 is 0 Å². The summed E-state index contributed by atoms with van der Waals surface area (Å²) >= 11 is 0. The number of esters is 1. The van der Waals surface area contributed by atoms with Gasteiger partial charge in [0.05, 0.1) is 6.61 Å². The fourth-order valence-corrected chi connectivity index (χ4v) is 2.68. The number of hydrogen-bond acceptors (Lipinski definition) is 5. The van der Waals surface area contributed by atoms with E-state index in [2.05, 4.69) is 5.32 Å². The molecule has 0 radical (unpaired) electrons. The number of benzene rings is 3. The lowest BCUT2D eigenvalue weighted by Gasteiger charge is -2.10. The first-order valence-electron chi connectivity index (χ1n) is 9.60. The van der Waals surface area contributed by atoms with Crippen molar-refractivity contribution in [2.45, 2.75) is 13.5 Å². The molecule has 30 heavy (non-hydrogen) atoms. The monoisotopic (exact) mass is 405 g/mol. The number of anilines is 1. The van der Waals surface area contributed by atoms with Crippen molar-refractivity contribution in [3.63, 3.8) is 0 Å². The summed E-state index contributed by atoms with van der Waals surface area (Å²) in [7, 11) is 0. The van der Waals surface area contributed by atoms with Gasteiger partial charge in [-0.05, 0) is 42.8 Å². The molecule has 6 heteroatoms. The summed E-state index contributed by atoms with van der Waals surface area (Å²) in [6, 6.07) is 23.6. The average molecular weight is 405 g/mol. The van der Waals surface area contributed by atoms with E-state index in [1.54, 1.807) is 49.4 Å². The highest BCUT2D eigenvalue weighted by molar-refractivity contribution is 6.04. The molecule has 1 amide bonds. The third-order valence-corrected chi connectivity index (χ3v) is 4.10. The van der Waals surface area contributed by atoms with Crippen molar-refractivity contribution in [1.82, 2.24) is 0 Å². The normalized spacial score (nSPS) is 10.2. The van der Waals surface area contributed by atoms with Gasteiger partial charge in [0.2, 0.25) is 0 Å². The van der Waals surface area contributed by atoms with Gasteiger partial charge < -0.3 is 19.5 Å². The second kappa shape index (κ2) is 10.7. The summed E-state index contributed by atoms with van der Waals surface area (Å²) in [6.45, 7) is 2.26. The van der Waals surface area contributed by atoms with Crippen molar-refractivity contribution in [3.8, 4) is 11.5 Å². The van der Waals surface area contributed by atoms with Crippen LogP contribution in [0.1, 0.15) is 22.8 Å². The van der Waals surface area contributed by atoms with Crippen LogP contribution in [-0.4, -0.2) is 25.1 Å². The Morgan fingerprint density at radius 3 is 2.33 bits per heavy atom. The van der Waals surface area contributed by atoms with Crippen LogP contribution in [-0.2, 0) is 16.1 Å². The summed E-state index contributed by atoms with van der Waals surface area (Å²) in [6.07, 6.45) is 0. The van der Waals surface area contributed by atoms with Gasteiger partial charge in [0.1, 0.15) is 18.1 Å². The minimum atomic E-state index is -0.445. The number of ether oxygens (including phenoxy) is 3. The minimum absolute atomic E-state index is 0.188. The predicted molar refractivity (Wildman–Crippen MR) is 114 cm³/mol. The fraction of sp³-hybridized carbons (Fsp3) is 0.167. The molecule has 0 saturated carbocycles. The molecule has 0 spiro atoms. The van der Waals surface area contributed by atoms with Gasteiger partial charge in [-0.15, -0.1) is 0 Å². The van der Waals surface area contributed by atoms with E-state index in [9.17, 15) is 9.59 Å². The van der Waals surface area contributed by atoms with E-state index in [4.69, 9.17) is 14.2 Å². The zero-order valence-corrected chi connectivity index (χ0v) is 16.7. The van der Waals surface area contributed by atoms with E-state index in [1.807, 2.05) is 36.4 Å². The van der Waals surface area contributed by atoms with Gasteiger partial charge in [-0.3, -0.25) is 4.79 Å². The Bertz CT molecular complexity index is 988. The van der Waals surface area contributed by atoms with Crippen LogP contribution >= 0.6 is 0 Å². The maximum Gasteiger partial charge on any atom is 0.344 e. The molecule has 0 aliphatic carbocycles. The van der Waals surface area contributed by atoms with Crippen molar-refractivity contribution >= 4 is 17.6 Å². The first-order valence-corrected chi connectivity index (χ1v) is 9.60. The second-order valence-electron chi connectivity index (χ2n) is 6.38. The van der Waals surface area contributed by atoms with Crippen molar-refractivity contribution in [2.75, 3.05) is 18.5 Å². The van der Waals surface area contributed by atoms with Crippen LogP contribution in [0.2, 0.25) is 0 Å². The highest BCUT2D eigenvalue weighted by atomic mass is 16.6. The number of carbonyl (C=O) groups excluding carboxylic acids is 2. The molecule has 154 valence electrons. The Hall–Kier alpha value is -3.80. The average Bonchev–Trinajstić information content (AvgIpc) is 2.78. The molecule has 3 rings (SSSR count). The third kappa shape index (κ3) is 6.38. The van der Waals surface area contributed by atoms with Crippen LogP contribution in [0.5, 0.6) is 11.5 Å². The zero-order valence-electron chi connectivity index (χ0n) is 16.7. The SMILES string of the molecule is CCOC(=O)COc1cccc(NC(=O)c2cccc(OCc3ccccc3)c2)c1. The predicted octanol–water partition coefficient (Wildman–Crippen LogP) is 4.46. The van der Waals surface area contributed by atoms with Crippen LogP contribution in [0.4, 0.5) is 5.69 Å². The van der Waals surface area contributed by atoms with Crippen molar-refractivity contribution in [2.24, 2.45) is 0 Å². The first-order chi connectivity index (χ1) is 14.6. The van der Waals surface area contributed by atoms with E-state index in [0.717, 1.165) is 5.56 Å². The van der Waals surface area contributed by atoms with Gasteiger partial charge in [-0.2, -0.15) is 0 Å². The third-order valence-electron chi connectivity index (χ3n) is 4.10. The van der Waals surface area contributed by atoms with Gasteiger partial charge in [-0.25, -0.2) is 4.79 Å². The second-order valence-corrected chi connectivity index (χ2v) is 6.38. The fourth-order valence-electron chi connectivity index (χ4n) is 2.68. The highest BCUT2D eigenvalue weighted by Crippen LogP contribution is 2.20. The molecule has 3 aromatic rings.